The van der Waals surface area contributed by atoms with Gasteiger partial charge in [0.2, 0.25) is 0 Å². The van der Waals surface area contributed by atoms with Crippen LogP contribution < -0.4 is 5.73 Å². The SMILES string of the molecule is CN(C(N)=NCc1ccc(Br)c(F)c1)C1CC1.I. The van der Waals surface area contributed by atoms with Gasteiger partial charge in [0.1, 0.15) is 5.82 Å². The average molecular weight is 428 g/mol. The van der Waals surface area contributed by atoms with Gasteiger partial charge in [-0.1, -0.05) is 6.07 Å². The van der Waals surface area contributed by atoms with Gasteiger partial charge in [-0.3, -0.25) is 0 Å². The van der Waals surface area contributed by atoms with Gasteiger partial charge in [-0.25, -0.2) is 9.38 Å². The fourth-order valence-electron chi connectivity index (χ4n) is 1.57. The van der Waals surface area contributed by atoms with Gasteiger partial charge in [0.05, 0.1) is 11.0 Å². The first kappa shape index (κ1) is 15.7. The van der Waals surface area contributed by atoms with Gasteiger partial charge < -0.3 is 10.6 Å². The van der Waals surface area contributed by atoms with E-state index in [1.807, 2.05) is 18.0 Å². The number of rotatable bonds is 3. The van der Waals surface area contributed by atoms with Crippen LogP contribution in [-0.2, 0) is 6.54 Å². The lowest BCUT2D eigenvalue weighted by atomic mass is 10.2. The molecule has 0 saturated heterocycles. The molecule has 1 aromatic rings. The second-order valence-corrected chi connectivity index (χ2v) is 5.12. The van der Waals surface area contributed by atoms with Crippen LogP contribution in [0.3, 0.4) is 0 Å². The predicted octanol–water partition coefficient (Wildman–Crippen LogP) is 3.12. The van der Waals surface area contributed by atoms with Crippen molar-refractivity contribution in [1.29, 1.82) is 0 Å². The minimum absolute atomic E-state index is 0. The Morgan fingerprint density at radius 1 is 1.56 bits per heavy atom. The van der Waals surface area contributed by atoms with Crippen molar-refractivity contribution in [2.45, 2.75) is 25.4 Å². The van der Waals surface area contributed by atoms with Crippen LogP contribution in [0.1, 0.15) is 18.4 Å². The lowest BCUT2D eigenvalue weighted by Crippen LogP contribution is -2.35. The Labute approximate surface area is 132 Å². The van der Waals surface area contributed by atoms with E-state index in [-0.39, 0.29) is 29.8 Å². The second-order valence-electron chi connectivity index (χ2n) is 4.26. The molecular formula is C12H16BrFIN3. The largest absolute Gasteiger partial charge is 0.370 e. The van der Waals surface area contributed by atoms with Crippen molar-refractivity contribution in [3.05, 3.63) is 34.1 Å². The van der Waals surface area contributed by atoms with Crippen LogP contribution in [0.4, 0.5) is 4.39 Å². The van der Waals surface area contributed by atoms with Crippen molar-refractivity contribution in [2.75, 3.05) is 7.05 Å². The van der Waals surface area contributed by atoms with E-state index in [1.165, 1.54) is 18.9 Å². The third-order valence-electron chi connectivity index (χ3n) is 2.86. The molecule has 3 nitrogen and oxygen atoms in total. The van der Waals surface area contributed by atoms with Crippen LogP contribution in [-0.4, -0.2) is 23.9 Å². The monoisotopic (exact) mass is 427 g/mol. The molecule has 0 radical (unpaired) electrons. The van der Waals surface area contributed by atoms with Crippen LogP contribution in [0.5, 0.6) is 0 Å². The topological polar surface area (TPSA) is 41.6 Å². The first-order valence-electron chi connectivity index (χ1n) is 5.54. The third kappa shape index (κ3) is 4.08. The van der Waals surface area contributed by atoms with Crippen LogP contribution in [0.25, 0.3) is 0 Å². The average Bonchev–Trinajstić information content (AvgIpc) is 3.13. The molecule has 2 rings (SSSR count). The normalized spacial score (nSPS) is 15.2. The van der Waals surface area contributed by atoms with Gasteiger partial charge in [-0.2, -0.15) is 0 Å². The molecule has 0 heterocycles. The molecule has 1 saturated carbocycles. The number of hydrogen-bond donors (Lipinski definition) is 1. The van der Waals surface area contributed by atoms with Gasteiger partial charge >= 0.3 is 0 Å². The van der Waals surface area contributed by atoms with Crippen molar-refractivity contribution in [3.8, 4) is 0 Å². The number of halogens is 3. The molecule has 2 N–H and O–H groups in total. The summed E-state index contributed by atoms with van der Waals surface area (Å²) in [7, 11) is 1.94. The van der Waals surface area contributed by atoms with E-state index in [9.17, 15) is 4.39 Å². The highest BCUT2D eigenvalue weighted by Gasteiger charge is 2.27. The molecule has 100 valence electrons. The molecule has 0 bridgehead atoms. The lowest BCUT2D eigenvalue weighted by molar-refractivity contribution is 0.487. The molecule has 0 aromatic heterocycles. The molecule has 1 aromatic carbocycles. The Morgan fingerprint density at radius 3 is 2.78 bits per heavy atom. The summed E-state index contributed by atoms with van der Waals surface area (Å²) in [5, 5.41) is 0. The van der Waals surface area contributed by atoms with Gasteiger partial charge in [0.15, 0.2) is 5.96 Å². The number of aliphatic imine (C=N–C) groups is 1. The number of guanidine groups is 1. The van der Waals surface area contributed by atoms with Crippen molar-refractivity contribution in [3.63, 3.8) is 0 Å². The van der Waals surface area contributed by atoms with Gasteiger partial charge in [-0.15, -0.1) is 24.0 Å². The van der Waals surface area contributed by atoms with E-state index < -0.39 is 0 Å². The summed E-state index contributed by atoms with van der Waals surface area (Å²) in [4.78, 5) is 6.25. The third-order valence-corrected chi connectivity index (χ3v) is 3.51. The summed E-state index contributed by atoms with van der Waals surface area (Å²) >= 11 is 3.12. The van der Waals surface area contributed by atoms with Crippen molar-refractivity contribution >= 4 is 45.9 Å². The summed E-state index contributed by atoms with van der Waals surface area (Å²) in [6.07, 6.45) is 2.36. The van der Waals surface area contributed by atoms with Crippen LogP contribution in [0, 0.1) is 5.82 Å². The first-order valence-corrected chi connectivity index (χ1v) is 6.34. The minimum atomic E-state index is -0.271. The Kier molecular flexibility index (Phi) is 5.84. The van der Waals surface area contributed by atoms with E-state index in [0.717, 1.165) is 5.56 Å². The molecule has 6 heteroatoms. The first-order chi connectivity index (χ1) is 8.08. The van der Waals surface area contributed by atoms with Crippen LogP contribution in [0.15, 0.2) is 27.7 Å². The fourth-order valence-corrected chi connectivity index (χ4v) is 1.82. The number of hydrogen-bond acceptors (Lipinski definition) is 1. The molecule has 1 aliphatic carbocycles. The lowest BCUT2D eigenvalue weighted by Gasteiger charge is -2.16. The summed E-state index contributed by atoms with van der Waals surface area (Å²) in [6, 6.07) is 5.53. The van der Waals surface area contributed by atoms with E-state index >= 15 is 0 Å². The number of benzene rings is 1. The van der Waals surface area contributed by atoms with E-state index in [1.54, 1.807) is 6.07 Å². The molecule has 0 unspecified atom stereocenters. The van der Waals surface area contributed by atoms with E-state index in [2.05, 4.69) is 20.9 Å². The maximum Gasteiger partial charge on any atom is 0.191 e. The molecule has 0 aliphatic heterocycles. The highest BCUT2D eigenvalue weighted by Crippen LogP contribution is 2.25. The smallest absolute Gasteiger partial charge is 0.191 e. The molecular weight excluding hydrogens is 412 g/mol. The highest BCUT2D eigenvalue weighted by molar-refractivity contribution is 14.0. The molecule has 18 heavy (non-hydrogen) atoms. The van der Waals surface area contributed by atoms with E-state index in [4.69, 9.17) is 5.73 Å². The fraction of sp³-hybridized carbons (Fsp3) is 0.417. The second kappa shape index (κ2) is 6.70. The van der Waals surface area contributed by atoms with Crippen LogP contribution >= 0.6 is 39.9 Å². The molecule has 0 amide bonds. The van der Waals surface area contributed by atoms with Gasteiger partial charge in [0, 0.05) is 13.1 Å². The standard InChI is InChI=1S/C12H15BrFN3.HI/c1-17(9-3-4-9)12(15)16-7-8-2-5-10(13)11(14)6-8;/h2,5-6,9H,3-4,7H2,1H3,(H2,15,16);1H. The predicted molar refractivity (Wildman–Crippen MR) is 85.6 cm³/mol. The number of nitrogens with two attached hydrogens (primary N) is 1. The van der Waals surface area contributed by atoms with Gasteiger partial charge in [-0.05, 0) is 46.5 Å². The zero-order valence-corrected chi connectivity index (χ0v) is 14.0. The zero-order chi connectivity index (χ0) is 12.4. The van der Waals surface area contributed by atoms with Gasteiger partial charge in [0.25, 0.3) is 0 Å². The molecule has 0 atom stereocenters. The highest BCUT2D eigenvalue weighted by atomic mass is 127. The van der Waals surface area contributed by atoms with Crippen molar-refractivity contribution in [2.24, 2.45) is 10.7 Å². The Balaban J connectivity index is 0.00000162. The minimum Gasteiger partial charge on any atom is -0.370 e. The van der Waals surface area contributed by atoms with Crippen molar-refractivity contribution in [1.82, 2.24) is 4.90 Å². The maximum absolute atomic E-state index is 13.3. The van der Waals surface area contributed by atoms with Crippen LogP contribution in [0.2, 0.25) is 0 Å². The number of nitrogens with zero attached hydrogens (tertiary/aromatic N) is 2. The molecule has 0 spiro atoms. The summed E-state index contributed by atoms with van der Waals surface area (Å²) in [5.74, 6) is 0.252. The summed E-state index contributed by atoms with van der Waals surface area (Å²) in [5.41, 5.74) is 6.66. The molecule has 1 aliphatic rings. The summed E-state index contributed by atoms with van der Waals surface area (Å²) in [6.45, 7) is 0.410. The van der Waals surface area contributed by atoms with E-state index in [0.29, 0.717) is 23.0 Å². The Bertz CT molecular complexity index is 449. The summed E-state index contributed by atoms with van der Waals surface area (Å²) < 4.78 is 13.7. The molecule has 1 fully saturated rings. The Morgan fingerprint density at radius 2 is 2.22 bits per heavy atom. The quantitative estimate of drug-likeness (QED) is 0.457. The van der Waals surface area contributed by atoms with Crippen molar-refractivity contribution < 1.29 is 4.39 Å². The maximum atomic E-state index is 13.3. The zero-order valence-electron chi connectivity index (χ0n) is 10.1. The Hall–Kier alpha value is -0.370.